The Morgan fingerprint density at radius 2 is 1.65 bits per heavy atom. The fourth-order valence-electron chi connectivity index (χ4n) is 2.05. The normalized spacial score (nSPS) is 10.6. The average Bonchev–Trinajstić information content (AvgIpc) is 2.58. The zero-order valence-corrected chi connectivity index (χ0v) is 14.1. The molecule has 0 fully saturated rings. The van der Waals surface area contributed by atoms with Crippen molar-refractivity contribution in [2.75, 3.05) is 21.3 Å². The molecule has 0 unspecified atom stereocenters. The minimum Gasteiger partial charge on any atom is -0.496 e. The molecule has 0 saturated carbocycles. The molecule has 2 aromatic carbocycles. The van der Waals surface area contributed by atoms with E-state index < -0.39 is 0 Å². The van der Waals surface area contributed by atoms with Gasteiger partial charge in [0.1, 0.15) is 5.75 Å². The number of rotatable bonds is 7. The molecule has 1 N–H and O–H groups in total. The third-order valence-corrected chi connectivity index (χ3v) is 3.45. The largest absolute Gasteiger partial charge is 0.496 e. The van der Waals surface area contributed by atoms with Gasteiger partial charge in [0.2, 0.25) is 0 Å². The lowest BCUT2D eigenvalue weighted by atomic mass is 10.2. The molecule has 0 aliphatic carbocycles. The highest BCUT2D eigenvalue weighted by atomic mass is 35.5. The van der Waals surface area contributed by atoms with Gasteiger partial charge in [0.25, 0.3) is 0 Å². The van der Waals surface area contributed by atoms with E-state index in [1.54, 1.807) is 45.7 Å². The first-order valence-corrected chi connectivity index (χ1v) is 7.36. The molecule has 0 aliphatic heterocycles. The molecule has 0 radical (unpaired) electrons. The summed E-state index contributed by atoms with van der Waals surface area (Å²) in [4.78, 5) is 0. The Morgan fingerprint density at radius 3 is 2.35 bits per heavy atom. The van der Waals surface area contributed by atoms with Crippen LogP contribution in [0.5, 0.6) is 17.2 Å². The fraction of sp³-hybridized carbons (Fsp3) is 0.235. The summed E-state index contributed by atoms with van der Waals surface area (Å²) >= 11 is 5.98. The van der Waals surface area contributed by atoms with Gasteiger partial charge in [0.05, 0.1) is 34.1 Å². The van der Waals surface area contributed by atoms with E-state index in [9.17, 15) is 0 Å². The summed E-state index contributed by atoms with van der Waals surface area (Å²) in [6.07, 6.45) is 1.67. The minimum atomic E-state index is 0.555. The van der Waals surface area contributed by atoms with Crippen LogP contribution in [0.15, 0.2) is 41.5 Å². The predicted molar refractivity (Wildman–Crippen MR) is 92.0 cm³/mol. The van der Waals surface area contributed by atoms with Crippen LogP contribution in [0.2, 0.25) is 5.02 Å². The number of methoxy groups -OCH3 is 3. The first-order chi connectivity index (χ1) is 11.2. The molecule has 122 valence electrons. The highest BCUT2D eigenvalue weighted by Crippen LogP contribution is 2.27. The van der Waals surface area contributed by atoms with Gasteiger partial charge in [-0.1, -0.05) is 17.7 Å². The smallest absolute Gasteiger partial charge is 0.161 e. The lowest BCUT2D eigenvalue weighted by Gasteiger charge is -2.09. The summed E-state index contributed by atoms with van der Waals surface area (Å²) in [5.41, 5.74) is 4.82. The van der Waals surface area contributed by atoms with Gasteiger partial charge in [0.15, 0.2) is 11.5 Å². The molecule has 0 aliphatic rings. The highest BCUT2D eigenvalue weighted by molar-refractivity contribution is 6.30. The van der Waals surface area contributed by atoms with E-state index in [0.29, 0.717) is 28.8 Å². The summed E-state index contributed by atoms with van der Waals surface area (Å²) in [6, 6.07) is 11.1. The van der Waals surface area contributed by atoms with E-state index in [4.69, 9.17) is 25.8 Å². The van der Waals surface area contributed by atoms with Crippen LogP contribution in [0.1, 0.15) is 11.1 Å². The Bertz CT molecular complexity index is 690. The monoisotopic (exact) mass is 334 g/mol. The van der Waals surface area contributed by atoms with Crippen LogP contribution in [-0.4, -0.2) is 27.5 Å². The molecular weight excluding hydrogens is 316 g/mol. The number of halogens is 1. The second-order valence-electron chi connectivity index (χ2n) is 4.67. The molecule has 0 bridgehead atoms. The summed E-state index contributed by atoms with van der Waals surface area (Å²) < 4.78 is 15.7. The van der Waals surface area contributed by atoms with E-state index in [1.807, 2.05) is 18.2 Å². The van der Waals surface area contributed by atoms with Crippen molar-refractivity contribution < 1.29 is 14.2 Å². The molecule has 5 nitrogen and oxygen atoms in total. The summed E-state index contributed by atoms with van der Waals surface area (Å²) in [5.74, 6) is 2.10. The Labute approximate surface area is 140 Å². The zero-order valence-electron chi connectivity index (χ0n) is 13.3. The standard InChI is InChI=1S/C17H19ClN2O3/c1-21-15-7-5-14(18)9-13(15)11-20-19-10-12-4-6-16(22-2)17(8-12)23-3/h4-9,11,19H,10H2,1-3H3/b20-11+. The number of hydrogen-bond donors (Lipinski definition) is 1. The number of nitrogens with one attached hydrogen (secondary N) is 1. The number of benzene rings is 2. The maximum absolute atomic E-state index is 5.98. The predicted octanol–water partition coefficient (Wildman–Crippen LogP) is 3.49. The first-order valence-electron chi connectivity index (χ1n) is 6.98. The maximum Gasteiger partial charge on any atom is 0.161 e. The van der Waals surface area contributed by atoms with Crippen molar-refractivity contribution in [3.63, 3.8) is 0 Å². The Hall–Kier alpha value is -2.40. The molecule has 2 rings (SSSR count). The van der Waals surface area contributed by atoms with Crippen molar-refractivity contribution in [2.45, 2.75) is 6.54 Å². The third kappa shape index (κ3) is 4.53. The molecule has 0 saturated heterocycles. The van der Waals surface area contributed by atoms with Gasteiger partial charge < -0.3 is 19.6 Å². The van der Waals surface area contributed by atoms with Crippen LogP contribution in [0.25, 0.3) is 0 Å². The second-order valence-corrected chi connectivity index (χ2v) is 5.11. The minimum absolute atomic E-state index is 0.555. The van der Waals surface area contributed by atoms with E-state index in [-0.39, 0.29) is 0 Å². The third-order valence-electron chi connectivity index (χ3n) is 3.22. The van der Waals surface area contributed by atoms with Crippen LogP contribution in [0.3, 0.4) is 0 Å². The van der Waals surface area contributed by atoms with Gasteiger partial charge >= 0.3 is 0 Å². The van der Waals surface area contributed by atoms with Crippen LogP contribution < -0.4 is 19.6 Å². The molecule has 2 aromatic rings. The van der Waals surface area contributed by atoms with Crippen molar-refractivity contribution in [1.82, 2.24) is 5.43 Å². The second kappa shape index (κ2) is 8.29. The lowest BCUT2D eigenvalue weighted by Crippen LogP contribution is -2.06. The van der Waals surface area contributed by atoms with Crippen molar-refractivity contribution in [2.24, 2.45) is 5.10 Å². The Balaban J connectivity index is 2.01. The SMILES string of the molecule is COc1ccc(Cl)cc1/C=N/NCc1ccc(OC)c(OC)c1. The molecule has 0 aromatic heterocycles. The van der Waals surface area contributed by atoms with Gasteiger partial charge in [0, 0.05) is 10.6 Å². The molecule has 0 atom stereocenters. The summed E-state index contributed by atoms with van der Waals surface area (Å²) in [6.45, 7) is 0.555. The van der Waals surface area contributed by atoms with Gasteiger partial charge in [-0.2, -0.15) is 5.10 Å². The van der Waals surface area contributed by atoms with Crippen LogP contribution in [-0.2, 0) is 6.54 Å². The van der Waals surface area contributed by atoms with Crippen molar-refractivity contribution in [3.05, 3.63) is 52.5 Å². The fourth-order valence-corrected chi connectivity index (χ4v) is 2.23. The molecule has 0 heterocycles. The molecule has 0 spiro atoms. The van der Waals surface area contributed by atoms with Crippen LogP contribution in [0, 0.1) is 0 Å². The van der Waals surface area contributed by atoms with Gasteiger partial charge in [-0.15, -0.1) is 0 Å². The van der Waals surface area contributed by atoms with E-state index in [0.717, 1.165) is 11.1 Å². The van der Waals surface area contributed by atoms with Gasteiger partial charge in [-0.25, -0.2) is 0 Å². The van der Waals surface area contributed by atoms with E-state index in [1.165, 1.54) is 0 Å². The molecule has 0 amide bonds. The van der Waals surface area contributed by atoms with E-state index in [2.05, 4.69) is 10.5 Å². The number of hydrogen-bond acceptors (Lipinski definition) is 5. The van der Waals surface area contributed by atoms with Gasteiger partial charge in [-0.05, 0) is 35.9 Å². The lowest BCUT2D eigenvalue weighted by molar-refractivity contribution is 0.354. The number of nitrogens with zero attached hydrogens (tertiary/aromatic N) is 1. The van der Waals surface area contributed by atoms with E-state index >= 15 is 0 Å². The summed E-state index contributed by atoms with van der Waals surface area (Å²) in [7, 11) is 4.83. The van der Waals surface area contributed by atoms with Crippen molar-refractivity contribution >= 4 is 17.8 Å². The van der Waals surface area contributed by atoms with Crippen LogP contribution in [0.4, 0.5) is 0 Å². The quantitative estimate of drug-likeness (QED) is 0.622. The number of ether oxygens (including phenoxy) is 3. The van der Waals surface area contributed by atoms with Crippen molar-refractivity contribution in [1.29, 1.82) is 0 Å². The number of hydrazone groups is 1. The van der Waals surface area contributed by atoms with Gasteiger partial charge in [-0.3, -0.25) is 0 Å². The Morgan fingerprint density at radius 1 is 0.957 bits per heavy atom. The van der Waals surface area contributed by atoms with Crippen LogP contribution >= 0.6 is 11.6 Å². The molecule has 6 heteroatoms. The average molecular weight is 335 g/mol. The molecule has 23 heavy (non-hydrogen) atoms. The highest BCUT2D eigenvalue weighted by Gasteiger charge is 2.04. The topological polar surface area (TPSA) is 52.1 Å². The molecular formula is C17H19ClN2O3. The summed E-state index contributed by atoms with van der Waals surface area (Å²) in [5, 5.41) is 4.83. The maximum atomic E-state index is 5.98. The van der Waals surface area contributed by atoms with Crippen molar-refractivity contribution in [3.8, 4) is 17.2 Å². The first kappa shape index (κ1) is 17.0. The zero-order chi connectivity index (χ0) is 16.7. The Kier molecular flexibility index (Phi) is 6.11.